The lowest BCUT2D eigenvalue weighted by molar-refractivity contribution is -0.132. The van der Waals surface area contributed by atoms with Gasteiger partial charge in [0.05, 0.1) is 12.6 Å². The molecule has 1 saturated heterocycles. The molecule has 136 valence electrons. The fourth-order valence-corrected chi connectivity index (χ4v) is 2.97. The van der Waals surface area contributed by atoms with Gasteiger partial charge >= 0.3 is 0 Å². The highest BCUT2D eigenvalue weighted by Crippen LogP contribution is 2.18. The lowest BCUT2D eigenvalue weighted by atomic mass is 9.99. The van der Waals surface area contributed by atoms with Crippen LogP contribution in [0, 0.1) is 5.92 Å². The number of amides is 1. The molecule has 0 unspecified atom stereocenters. The number of likely N-dealkylation sites (tertiary alicyclic amines) is 1. The first-order chi connectivity index (χ1) is 12.0. The van der Waals surface area contributed by atoms with Gasteiger partial charge in [-0.2, -0.15) is 0 Å². The first-order valence-corrected chi connectivity index (χ1v) is 8.68. The Morgan fingerprint density at radius 3 is 2.88 bits per heavy atom. The van der Waals surface area contributed by atoms with Crippen LogP contribution in [-0.4, -0.2) is 61.2 Å². The van der Waals surface area contributed by atoms with Crippen molar-refractivity contribution in [3.05, 3.63) is 23.8 Å². The van der Waals surface area contributed by atoms with Crippen molar-refractivity contribution in [3.63, 3.8) is 0 Å². The second-order valence-corrected chi connectivity index (χ2v) is 6.82. The number of rotatable bonds is 6. The van der Waals surface area contributed by atoms with E-state index in [0.29, 0.717) is 6.54 Å². The number of hydrogen-bond acceptors (Lipinski definition) is 7. The van der Waals surface area contributed by atoms with Crippen LogP contribution < -0.4 is 0 Å². The van der Waals surface area contributed by atoms with E-state index in [1.165, 1.54) is 19.1 Å². The van der Waals surface area contributed by atoms with Gasteiger partial charge in [-0.15, -0.1) is 5.10 Å². The number of carbonyl (C=O) groups is 1. The van der Waals surface area contributed by atoms with E-state index in [-0.39, 0.29) is 18.5 Å². The third-order valence-corrected chi connectivity index (χ3v) is 4.99. The Morgan fingerprint density at radius 1 is 1.44 bits per heavy atom. The van der Waals surface area contributed by atoms with Gasteiger partial charge in [0.1, 0.15) is 18.5 Å². The minimum atomic E-state index is -0.172. The Bertz CT molecular complexity index is 676. The zero-order valence-corrected chi connectivity index (χ0v) is 15.0. The SMILES string of the molecule is CC1CCN(Cc2nnnn2CC(=O)N(C)[C@H](C)c2ccon2)CC1. The van der Waals surface area contributed by atoms with Gasteiger partial charge in [0, 0.05) is 13.1 Å². The van der Waals surface area contributed by atoms with E-state index in [9.17, 15) is 4.79 Å². The summed E-state index contributed by atoms with van der Waals surface area (Å²) < 4.78 is 6.44. The average molecular weight is 347 g/mol. The summed E-state index contributed by atoms with van der Waals surface area (Å²) >= 11 is 0. The monoisotopic (exact) mass is 347 g/mol. The molecular formula is C16H25N7O2. The molecule has 0 radical (unpaired) electrons. The van der Waals surface area contributed by atoms with Crippen LogP contribution in [0.5, 0.6) is 0 Å². The highest BCUT2D eigenvalue weighted by molar-refractivity contribution is 5.76. The van der Waals surface area contributed by atoms with Crippen molar-refractivity contribution in [2.24, 2.45) is 5.92 Å². The molecule has 0 aromatic carbocycles. The summed E-state index contributed by atoms with van der Waals surface area (Å²) in [6.45, 7) is 7.08. The molecule has 3 rings (SSSR count). The minimum absolute atomic E-state index is 0.0729. The number of tetrazole rings is 1. The molecular weight excluding hydrogens is 322 g/mol. The number of hydrogen-bond donors (Lipinski definition) is 0. The Balaban J connectivity index is 1.59. The molecule has 9 nitrogen and oxygen atoms in total. The van der Waals surface area contributed by atoms with E-state index >= 15 is 0 Å². The number of piperidine rings is 1. The zero-order valence-electron chi connectivity index (χ0n) is 15.0. The molecule has 1 amide bonds. The maximum absolute atomic E-state index is 12.6. The normalized spacial score (nSPS) is 17.6. The molecule has 3 heterocycles. The van der Waals surface area contributed by atoms with Crippen molar-refractivity contribution >= 4 is 5.91 Å². The molecule has 1 aliphatic rings. The lowest BCUT2D eigenvalue weighted by Gasteiger charge is -2.29. The van der Waals surface area contributed by atoms with Crippen molar-refractivity contribution < 1.29 is 9.32 Å². The van der Waals surface area contributed by atoms with E-state index < -0.39 is 0 Å². The summed E-state index contributed by atoms with van der Waals surface area (Å²) in [4.78, 5) is 16.5. The molecule has 1 fully saturated rings. The Hall–Kier alpha value is -2.29. The standard InChI is InChI=1S/C16H25N7O2/c1-12-4-7-22(8-5-12)10-15-17-19-20-23(15)11-16(24)21(3)13(2)14-6-9-25-18-14/h6,9,12-13H,4-5,7-8,10-11H2,1-3H3/t13-/m1/s1. The molecule has 25 heavy (non-hydrogen) atoms. The predicted molar refractivity (Wildman–Crippen MR) is 89.2 cm³/mol. The summed E-state index contributed by atoms with van der Waals surface area (Å²) in [5, 5.41) is 15.7. The molecule has 0 bridgehead atoms. The summed E-state index contributed by atoms with van der Waals surface area (Å²) in [7, 11) is 1.75. The van der Waals surface area contributed by atoms with Crippen LogP contribution in [0.3, 0.4) is 0 Å². The van der Waals surface area contributed by atoms with Gasteiger partial charge in [-0.1, -0.05) is 12.1 Å². The number of carbonyl (C=O) groups excluding carboxylic acids is 1. The van der Waals surface area contributed by atoms with E-state index in [2.05, 4.69) is 32.5 Å². The molecule has 0 N–H and O–H groups in total. The summed E-state index contributed by atoms with van der Waals surface area (Å²) in [6, 6.07) is 1.59. The fraction of sp³-hybridized carbons (Fsp3) is 0.688. The van der Waals surface area contributed by atoms with Crippen LogP contribution >= 0.6 is 0 Å². The molecule has 9 heteroatoms. The summed E-state index contributed by atoms with van der Waals surface area (Å²) in [5.74, 6) is 1.43. The quantitative estimate of drug-likeness (QED) is 0.773. The van der Waals surface area contributed by atoms with Crippen LogP contribution in [-0.2, 0) is 17.9 Å². The predicted octanol–water partition coefficient (Wildman–Crippen LogP) is 1.11. The molecule has 0 saturated carbocycles. The van der Waals surface area contributed by atoms with E-state index in [1.54, 1.807) is 22.7 Å². The zero-order chi connectivity index (χ0) is 17.8. The first kappa shape index (κ1) is 17.5. The van der Waals surface area contributed by atoms with Crippen LogP contribution in [0.2, 0.25) is 0 Å². The van der Waals surface area contributed by atoms with Crippen LogP contribution in [0.15, 0.2) is 16.9 Å². The molecule has 2 aromatic rings. The molecule has 0 aliphatic carbocycles. The van der Waals surface area contributed by atoms with Crippen molar-refractivity contribution in [1.29, 1.82) is 0 Å². The summed E-state index contributed by atoms with van der Waals surface area (Å²) in [6.07, 6.45) is 3.89. The van der Waals surface area contributed by atoms with Crippen LogP contribution in [0.25, 0.3) is 0 Å². The second kappa shape index (κ2) is 7.73. The van der Waals surface area contributed by atoms with Gasteiger partial charge in [0.25, 0.3) is 0 Å². The van der Waals surface area contributed by atoms with E-state index in [0.717, 1.165) is 30.5 Å². The molecule has 1 atom stereocenters. The topological polar surface area (TPSA) is 93.2 Å². The fourth-order valence-electron chi connectivity index (χ4n) is 2.97. The second-order valence-electron chi connectivity index (χ2n) is 6.82. The van der Waals surface area contributed by atoms with Gasteiger partial charge in [-0.3, -0.25) is 9.69 Å². The van der Waals surface area contributed by atoms with Gasteiger partial charge in [0.15, 0.2) is 5.82 Å². The number of likely N-dealkylation sites (N-methyl/N-ethyl adjacent to an activating group) is 1. The Labute approximate surface area is 146 Å². The highest BCUT2D eigenvalue weighted by atomic mass is 16.5. The minimum Gasteiger partial charge on any atom is -0.364 e. The number of aromatic nitrogens is 5. The van der Waals surface area contributed by atoms with Crippen molar-refractivity contribution in [1.82, 2.24) is 35.2 Å². The van der Waals surface area contributed by atoms with E-state index in [4.69, 9.17) is 4.52 Å². The van der Waals surface area contributed by atoms with Gasteiger partial charge in [0.2, 0.25) is 5.91 Å². The van der Waals surface area contributed by atoms with Crippen LogP contribution in [0.1, 0.15) is 44.2 Å². The third kappa shape index (κ3) is 4.22. The maximum Gasteiger partial charge on any atom is 0.244 e. The number of nitrogens with zero attached hydrogens (tertiary/aromatic N) is 7. The van der Waals surface area contributed by atoms with Crippen molar-refractivity contribution in [3.8, 4) is 0 Å². The molecule has 1 aliphatic heterocycles. The lowest BCUT2D eigenvalue weighted by Crippen LogP contribution is -2.35. The van der Waals surface area contributed by atoms with Gasteiger partial charge in [-0.05, 0) is 49.2 Å². The summed E-state index contributed by atoms with van der Waals surface area (Å²) in [5.41, 5.74) is 0.718. The Kier molecular flexibility index (Phi) is 5.42. The maximum atomic E-state index is 12.6. The highest BCUT2D eigenvalue weighted by Gasteiger charge is 2.23. The average Bonchev–Trinajstić information content (AvgIpc) is 3.28. The first-order valence-electron chi connectivity index (χ1n) is 8.68. The van der Waals surface area contributed by atoms with Crippen molar-refractivity contribution in [2.75, 3.05) is 20.1 Å². The smallest absolute Gasteiger partial charge is 0.244 e. The van der Waals surface area contributed by atoms with Gasteiger partial charge < -0.3 is 9.42 Å². The van der Waals surface area contributed by atoms with E-state index in [1.807, 2.05) is 6.92 Å². The van der Waals surface area contributed by atoms with Gasteiger partial charge in [-0.25, -0.2) is 4.68 Å². The van der Waals surface area contributed by atoms with Crippen LogP contribution in [0.4, 0.5) is 0 Å². The third-order valence-electron chi connectivity index (χ3n) is 4.99. The Morgan fingerprint density at radius 2 is 2.20 bits per heavy atom. The molecule has 2 aromatic heterocycles. The largest absolute Gasteiger partial charge is 0.364 e. The van der Waals surface area contributed by atoms with Crippen molar-refractivity contribution in [2.45, 2.75) is 45.8 Å². The molecule has 0 spiro atoms.